The lowest BCUT2D eigenvalue weighted by Crippen LogP contribution is -2.48. The van der Waals surface area contributed by atoms with Crippen LogP contribution in [0.25, 0.3) is 0 Å². The fraction of sp³-hybridized carbons (Fsp3) is 0.708. The molecule has 174 valence electrons. The second kappa shape index (κ2) is 12.6. The molecule has 0 aromatic heterocycles. The molecule has 7 heteroatoms. The highest BCUT2D eigenvalue weighted by atomic mass is 16.6. The minimum atomic E-state index is -0.934. The molecule has 2 rings (SSSR count). The van der Waals surface area contributed by atoms with Gasteiger partial charge in [-0.25, -0.2) is 9.69 Å². The Kier molecular flexibility index (Phi) is 10.2. The van der Waals surface area contributed by atoms with Crippen molar-refractivity contribution < 1.29 is 29.0 Å². The molecule has 1 N–H and O–H groups in total. The smallest absolute Gasteiger partial charge is 0.416 e. The normalized spacial score (nSPS) is 23.4. The number of allylic oxidation sites excluding steroid dienone is 2. The molecule has 0 aliphatic carbocycles. The SMILES string of the molecule is CC(C)[C@H]1COC(=O)N1C(=O)[C@@H](C)[C@@H]1OC(=CCCCCCCCCCO)C=CC1=O. The Hall–Kier alpha value is -2.15. The van der Waals surface area contributed by atoms with Gasteiger partial charge in [-0.3, -0.25) is 9.59 Å². The predicted molar refractivity (Wildman–Crippen MR) is 117 cm³/mol. The number of rotatable bonds is 12. The van der Waals surface area contributed by atoms with Gasteiger partial charge in [0, 0.05) is 6.61 Å². The van der Waals surface area contributed by atoms with Gasteiger partial charge in [-0.1, -0.05) is 46.0 Å². The summed E-state index contributed by atoms with van der Waals surface area (Å²) in [7, 11) is 0. The Morgan fingerprint density at radius 1 is 1.10 bits per heavy atom. The van der Waals surface area contributed by atoms with Crippen LogP contribution in [0.5, 0.6) is 0 Å². The Bertz CT molecular complexity index is 684. The number of aliphatic hydroxyl groups excluding tert-OH is 1. The van der Waals surface area contributed by atoms with Gasteiger partial charge in [-0.05, 0) is 50.3 Å². The minimum Gasteiger partial charge on any atom is -0.482 e. The van der Waals surface area contributed by atoms with Crippen molar-refractivity contribution in [3.8, 4) is 0 Å². The average Bonchev–Trinajstić information content (AvgIpc) is 3.14. The standard InChI is InChI=1S/C24H37NO6/c1-17(2)20-16-30-24(29)25(20)23(28)18(3)22-21(27)14-13-19(31-22)12-10-8-6-4-5-7-9-11-15-26/h12-14,17-18,20,22,26H,4-11,15-16H2,1-3H3/t18-,20+,22-/m0/s1. The van der Waals surface area contributed by atoms with E-state index in [-0.39, 0.29) is 31.0 Å². The number of hydrogen-bond donors (Lipinski definition) is 1. The highest BCUT2D eigenvalue weighted by Gasteiger charge is 2.44. The van der Waals surface area contributed by atoms with Gasteiger partial charge in [0.05, 0.1) is 12.0 Å². The van der Waals surface area contributed by atoms with Gasteiger partial charge in [0.15, 0.2) is 11.9 Å². The number of imide groups is 1. The molecule has 2 heterocycles. The second-order valence-corrected chi connectivity index (χ2v) is 8.75. The lowest BCUT2D eigenvalue weighted by molar-refractivity contribution is -0.143. The molecule has 2 amide bonds. The van der Waals surface area contributed by atoms with Crippen LogP contribution in [0, 0.1) is 11.8 Å². The third-order valence-electron chi connectivity index (χ3n) is 5.92. The van der Waals surface area contributed by atoms with Crippen LogP contribution in [0.15, 0.2) is 24.0 Å². The number of ketones is 1. The van der Waals surface area contributed by atoms with Crippen molar-refractivity contribution >= 4 is 17.8 Å². The quantitative estimate of drug-likeness (QED) is 0.463. The third-order valence-corrected chi connectivity index (χ3v) is 5.92. The third kappa shape index (κ3) is 7.20. The Morgan fingerprint density at radius 2 is 1.74 bits per heavy atom. The maximum atomic E-state index is 13.0. The number of aliphatic hydroxyl groups is 1. The number of carbonyl (C=O) groups excluding carboxylic acids is 3. The number of nitrogens with zero attached hydrogens (tertiary/aromatic N) is 1. The molecule has 2 aliphatic heterocycles. The summed E-state index contributed by atoms with van der Waals surface area (Å²) in [4.78, 5) is 38.6. The summed E-state index contributed by atoms with van der Waals surface area (Å²) in [5.41, 5.74) is 0. The van der Waals surface area contributed by atoms with E-state index >= 15 is 0 Å². The van der Waals surface area contributed by atoms with Crippen LogP contribution >= 0.6 is 0 Å². The Balaban J connectivity index is 1.85. The average molecular weight is 436 g/mol. The van der Waals surface area contributed by atoms with E-state index in [1.54, 1.807) is 13.0 Å². The zero-order chi connectivity index (χ0) is 22.8. The molecular weight excluding hydrogens is 398 g/mol. The Labute approximate surface area is 185 Å². The summed E-state index contributed by atoms with van der Waals surface area (Å²) in [5.74, 6) is -0.830. The van der Waals surface area contributed by atoms with Gasteiger partial charge >= 0.3 is 6.09 Å². The molecule has 0 saturated carbocycles. The highest BCUT2D eigenvalue weighted by Crippen LogP contribution is 2.26. The lowest BCUT2D eigenvalue weighted by atomic mass is 9.95. The monoisotopic (exact) mass is 435 g/mol. The molecule has 3 atom stereocenters. The van der Waals surface area contributed by atoms with Crippen molar-refractivity contribution in [3.05, 3.63) is 24.0 Å². The van der Waals surface area contributed by atoms with E-state index in [0.717, 1.165) is 43.4 Å². The summed E-state index contributed by atoms with van der Waals surface area (Å²) < 4.78 is 10.9. The number of ether oxygens (including phenoxy) is 2. The van der Waals surface area contributed by atoms with E-state index in [0.29, 0.717) is 5.76 Å². The summed E-state index contributed by atoms with van der Waals surface area (Å²) in [6.45, 7) is 5.94. The molecule has 1 fully saturated rings. The molecule has 2 aliphatic rings. The molecule has 0 bridgehead atoms. The maximum absolute atomic E-state index is 13.0. The van der Waals surface area contributed by atoms with E-state index < -0.39 is 24.0 Å². The van der Waals surface area contributed by atoms with Crippen molar-refractivity contribution in [1.29, 1.82) is 0 Å². The first kappa shape index (κ1) is 25.1. The lowest BCUT2D eigenvalue weighted by Gasteiger charge is -2.30. The van der Waals surface area contributed by atoms with Crippen LogP contribution in [-0.4, -0.2) is 53.1 Å². The molecular formula is C24H37NO6. The Morgan fingerprint density at radius 3 is 2.39 bits per heavy atom. The minimum absolute atomic E-state index is 0.0654. The van der Waals surface area contributed by atoms with Gasteiger partial charge < -0.3 is 14.6 Å². The van der Waals surface area contributed by atoms with E-state index in [2.05, 4.69) is 0 Å². The van der Waals surface area contributed by atoms with Crippen LogP contribution < -0.4 is 0 Å². The molecule has 0 aromatic carbocycles. The first-order chi connectivity index (χ1) is 14.9. The predicted octanol–water partition coefficient (Wildman–Crippen LogP) is 4.15. The molecule has 0 spiro atoms. The molecule has 7 nitrogen and oxygen atoms in total. The number of hydrogen-bond acceptors (Lipinski definition) is 6. The second-order valence-electron chi connectivity index (χ2n) is 8.75. The van der Waals surface area contributed by atoms with Gasteiger partial charge in [-0.15, -0.1) is 0 Å². The van der Waals surface area contributed by atoms with Gasteiger partial charge in [0.2, 0.25) is 5.91 Å². The summed E-state index contributed by atoms with van der Waals surface area (Å²) >= 11 is 0. The molecule has 1 saturated heterocycles. The summed E-state index contributed by atoms with van der Waals surface area (Å²) in [5, 5.41) is 8.78. The van der Waals surface area contributed by atoms with Crippen LogP contribution in [-0.2, 0) is 19.1 Å². The van der Waals surface area contributed by atoms with Gasteiger partial charge in [0.25, 0.3) is 0 Å². The molecule has 0 unspecified atom stereocenters. The summed E-state index contributed by atoms with van der Waals surface area (Å²) in [6, 6.07) is -0.324. The van der Waals surface area contributed by atoms with Crippen LogP contribution in [0.2, 0.25) is 0 Å². The topological polar surface area (TPSA) is 93.1 Å². The number of carbonyl (C=O) groups is 3. The molecule has 0 aromatic rings. The van der Waals surface area contributed by atoms with Crippen LogP contribution in [0.1, 0.15) is 72.1 Å². The first-order valence-corrected chi connectivity index (χ1v) is 11.6. The fourth-order valence-corrected chi connectivity index (χ4v) is 3.88. The zero-order valence-electron chi connectivity index (χ0n) is 19.0. The first-order valence-electron chi connectivity index (χ1n) is 11.6. The van der Waals surface area contributed by atoms with Crippen molar-refractivity contribution in [1.82, 2.24) is 4.90 Å². The fourth-order valence-electron chi connectivity index (χ4n) is 3.88. The van der Waals surface area contributed by atoms with Crippen LogP contribution in [0.4, 0.5) is 4.79 Å². The van der Waals surface area contributed by atoms with E-state index in [1.807, 2.05) is 19.9 Å². The maximum Gasteiger partial charge on any atom is 0.416 e. The van der Waals surface area contributed by atoms with E-state index in [1.165, 1.54) is 18.9 Å². The summed E-state index contributed by atoms with van der Waals surface area (Å²) in [6.07, 6.45) is 11.9. The van der Waals surface area contributed by atoms with Crippen LogP contribution in [0.3, 0.4) is 0 Å². The van der Waals surface area contributed by atoms with Crippen molar-refractivity contribution in [2.45, 2.75) is 84.3 Å². The van der Waals surface area contributed by atoms with E-state index in [9.17, 15) is 14.4 Å². The van der Waals surface area contributed by atoms with Crippen molar-refractivity contribution in [3.63, 3.8) is 0 Å². The number of cyclic esters (lactones) is 1. The number of unbranched alkanes of at least 4 members (excludes halogenated alkanes) is 7. The highest BCUT2D eigenvalue weighted by molar-refractivity contribution is 6.01. The van der Waals surface area contributed by atoms with Gasteiger partial charge in [0.1, 0.15) is 12.4 Å². The van der Waals surface area contributed by atoms with Crippen molar-refractivity contribution in [2.24, 2.45) is 11.8 Å². The number of amides is 2. The molecule has 0 radical (unpaired) electrons. The van der Waals surface area contributed by atoms with Crippen molar-refractivity contribution in [2.75, 3.05) is 13.2 Å². The largest absolute Gasteiger partial charge is 0.482 e. The zero-order valence-corrected chi connectivity index (χ0v) is 19.0. The van der Waals surface area contributed by atoms with E-state index in [4.69, 9.17) is 14.6 Å². The van der Waals surface area contributed by atoms with Gasteiger partial charge in [-0.2, -0.15) is 0 Å². The molecule has 31 heavy (non-hydrogen) atoms.